The predicted octanol–water partition coefficient (Wildman–Crippen LogP) is 2.56. The number of hydrogen-bond acceptors (Lipinski definition) is 3. The Morgan fingerprint density at radius 2 is 1.96 bits per heavy atom. The minimum atomic E-state index is -0.0252. The molecule has 0 aliphatic heterocycles. The second-order valence-corrected chi connectivity index (χ2v) is 5.39. The van der Waals surface area contributed by atoms with Crippen LogP contribution in [0.1, 0.15) is 13.8 Å². The third-order valence-electron chi connectivity index (χ3n) is 3.94. The van der Waals surface area contributed by atoms with Crippen LogP contribution in [0.4, 0.5) is 5.69 Å². The number of halogens is 1. The fourth-order valence-electron chi connectivity index (χ4n) is 2.63. The predicted molar refractivity (Wildman–Crippen MR) is 99.5 cm³/mol. The summed E-state index contributed by atoms with van der Waals surface area (Å²) < 4.78 is 2.27. The summed E-state index contributed by atoms with van der Waals surface area (Å²) in [4.78, 5) is 14.0. The summed E-state index contributed by atoms with van der Waals surface area (Å²) in [6.07, 6.45) is 2.12. The second kappa shape index (κ2) is 9.55. The molecular weight excluding hydrogens is 312 g/mol. The van der Waals surface area contributed by atoms with Crippen molar-refractivity contribution in [3.8, 4) is 0 Å². The van der Waals surface area contributed by atoms with Crippen molar-refractivity contribution in [2.75, 3.05) is 38.5 Å². The first-order chi connectivity index (χ1) is 10.7. The van der Waals surface area contributed by atoms with Gasteiger partial charge in [-0.2, -0.15) is 0 Å². The first kappa shape index (κ1) is 19.5. The average molecular weight is 339 g/mol. The summed E-state index contributed by atoms with van der Waals surface area (Å²) >= 11 is 0. The third-order valence-corrected chi connectivity index (χ3v) is 3.94. The number of anilines is 1. The molecule has 0 saturated carbocycles. The zero-order valence-electron chi connectivity index (χ0n) is 14.1. The van der Waals surface area contributed by atoms with Crippen molar-refractivity contribution >= 4 is 34.9 Å². The molecule has 0 radical (unpaired) electrons. The maximum atomic E-state index is 11.6. The fraction of sp³-hybridized carbons (Fsp3) is 0.471. The Bertz CT molecular complexity index is 622. The number of nitrogens with zero attached hydrogens (tertiary/aromatic N) is 2. The van der Waals surface area contributed by atoms with Gasteiger partial charge in [-0.3, -0.25) is 4.79 Å². The van der Waals surface area contributed by atoms with E-state index in [1.54, 1.807) is 7.05 Å². The Kier molecular flexibility index (Phi) is 8.09. The zero-order valence-corrected chi connectivity index (χ0v) is 14.9. The SMILES string of the molecule is CCN(CC)CCn1ccc2cc(NC(=O)CNC)ccc21.Cl. The molecule has 1 heterocycles. The van der Waals surface area contributed by atoms with Gasteiger partial charge in [0.05, 0.1) is 6.54 Å². The van der Waals surface area contributed by atoms with Gasteiger partial charge in [0.1, 0.15) is 0 Å². The van der Waals surface area contributed by atoms with Gasteiger partial charge in [0.15, 0.2) is 0 Å². The van der Waals surface area contributed by atoms with Crippen molar-refractivity contribution in [3.05, 3.63) is 30.5 Å². The molecule has 2 N–H and O–H groups in total. The molecule has 0 aliphatic rings. The van der Waals surface area contributed by atoms with E-state index in [2.05, 4.69) is 52.3 Å². The molecule has 23 heavy (non-hydrogen) atoms. The highest BCUT2D eigenvalue weighted by molar-refractivity contribution is 5.95. The largest absolute Gasteiger partial charge is 0.346 e. The highest BCUT2D eigenvalue weighted by atomic mass is 35.5. The number of likely N-dealkylation sites (N-methyl/N-ethyl adjacent to an activating group) is 2. The minimum absolute atomic E-state index is 0. The molecule has 128 valence electrons. The normalized spacial score (nSPS) is 10.8. The van der Waals surface area contributed by atoms with Crippen molar-refractivity contribution in [3.63, 3.8) is 0 Å². The standard InChI is InChI=1S/C17H26N4O.ClH/c1-4-20(5-2)10-11-21-9-8-14-12-15(6-7-16(14)21)19-17(22)13-18-3;/h6-9,12,18H,4-5,10-11,13H2,1-3H3,(H,19,22);1H. The Morgan fingerprint density at radius 3 is 2.61 bits per heavy atom. The van der Waals surface area contributed by atoms with Crippen molar-refractivity contribution in [1.29, 1.82) is 0 Å². The lowest BCUT2D eigenvalue weighted by atomic mass is 10.2. The molecule has 6 heteroatoms. The zero-order chi connectivity index (χ0) is 15.9. The molecule has 2 aromatic rings. The van der Waals surface area contributed by atoms with E-state index in [1.807, 2.05) is 12.1 Å². The number of carbonyl (C=O) groups excluding carboxylic acids is 1. The number of fused-ring (bicyclic) bond motifs is 1. The summed E-state index contributed by atoms with van der Waals surface area (Å²) in [6, 6.07) is 8.17. The van der Waals surface area contributed by atoms with Crippen LogP contribution in [0.3, 0.4) is 0 Å². The minimum Gasteiger partial charge on any atom is -0.346 e. The lowest BCUT2D eigenvalue weighted by Gasteiger charge is -2.18. The van der Waals surface area contributed by atoms with E-state index >= 15 is 0 Å². The maximum absolute atomic E-state index is 11.6. The van der Waals surface area contributed by atoms with Crippen LogP contribution in [0.2, 0.25) is 0 Å². The van der Waals surface area contributed by atoms with Crippen LogP contribution in [0.15, 0.2) is 30.5 Å². The van der Waals surface area contributed by atoms with E-state index in [0.717, 1.165) is 37.3 Å². The summed E-state index contributed by atoms with van der Waals surface area (Å²) in [5.74, 6) is -0.0252. The van der Waals surface area contributed by atoms with E-state index in [0.29, 0.717) is 6.54 Å². The number of hydrogen-bond donors (Lipinski definition) is 2. The first-order valence-electron chi connectivity index (χ1n) is 7.93. The van der Waals surface area contributed by atoms with Gasteiger partial charge in [-0.15, -0.1) is 12.4 Å². The van der Waals surface area contributed by atoms with Gasteiger partial charge in [0.25, 0.3) is 0 Å². The van der Waals surface area contributed by atoms with E-state index in [1.165, 1.54) is 5.52 Å². The molecule has 0 spiro atoms. The molecule has 1 amide bonds. The Labute approximate surface area is 144 Å². The van der Waals surface area contributed by atoms with Crippen LogP contribution in [0, 0.1) is 0 Å². The number of carbonyl (C=O) groups is 1. The number of rotatable bonds is 8. The van der Waals surface area contributed by atoms with Gasteiger partial charge in [-0.1, -0.05) is 13.8 Å². The molecule has 0 bridgehead atoms. The lowest BCUT2D eigenvalue weighted by Crippen LogP contribution is -2.26. The highest BCUT2D eigenvalue weighted by Gasteiger charge is 2.06. The first-order valence-corrected chi connectivity index (χ1v) is 7.93. The molecule has 0 unspecified atom stereocenters. The van der Waals surface area contributed by atoms with Crippen molar-refractivity contribution < 1.29 is 4.79 Å². The van der Waals surface area contributed by atoms with Crippen LogP contribution in [0.25, 0.3) is 10.9 Å². The van der Waals surface area contributed by atoms with E-state index in [-0.39, 0.29) is 18.3 Å². The van der Waals surface area contributed by atoms with Crippen LogP contribution in [-0.4, -0.2) is 48.6 Å². The summed E-state index contributed by atoms with van der Waals surface area (Å²) in [5, 5.41) is 6.89. The molecule has 0 saturated heterocycles. The molecule has 0 fully saturated rings. The molecule has 5 nitrogen and oxygen atoms in total. The maximum Gasteiger partial charge on any atom is 0.238 e. The summed E-state index contributed by atoms with van der Waals surface area (Å²) in [5.41, 5.74) is 2.05. The number of aromatic nitrogens is 1. The fourth-order valence-corrected chi connectivity index (χ4v) is 2.63. The van der Waals surface area contributed by atoms with Crippen molar-refractivity contribution in [2.24, 2.45) is 0 Å². The van der Waals surface area contributed by atoms with Crippen molar-refractivity contribution in [1.82, 2.24) is 14.8 Å². The molecule has 0 atom stereocenters. The van der Waals surface area contributed by atoms with Gasteiger partial charge in [0, 0.05) is 35.9 Å². The van der Waals surface area contributed by atoms with Gasteiger partial charge in [-0.05, 0) is 44.4 Å². The molecular formula is C17H27ClN4O. The number of nitrogens with one attached hydrogen (secondary N) is 2. The molecule has 2 rings (SSSR count). The molecule has 0 aliphatic carbocycles. The summed E-state index contributed by atoms with van der Waals surface area (Å²) in [7, 11) is 1.76. The van der Waals surface area contributed by atoms with Gasteiger partial charge in [-0.25, -0.2) is 0 Å². The quantitative estimate of drug-likeness (QED) is 0.777. The number of amides is 1. The number of benzene rings is 1. The smallest absolute Gasteiger partial charge is 0.238 e. The Hall–Kier alpha value is -1.56. The van der Waals surface area contributed by atoms with Gasteiger partial charge >= 0.3 is 0 Å². The van der Waals surface area contributed by atoms with E-state index < -0.39 is 0 Å². The van der Waals surface area contributed by atoms with Gasteiger partial charge in [0.2, 0.25) is 5.91 Å². The van der Waals surface area contributed by atoms with Crippen LogP contribution >= 0.6 is 12.4 Å². The van der Waals surface area contributed by atoms with Crippen molar-refractivity contribution in [2.45, 2.75) is 20.4 Å². The van der Waals surface area contributed by atoms with Crippen LogP contribution in [0.5, 0.6) is 0 Å². The van der Waals surface area contributed by atoms with Crippen LogP contribution < -0.4 is 10.6 Å². The van der Waals surface area contributed by atoms with Crippen LogP contribution in [-0.2, 0) is 11.3 Å². The molecule has 1 aromatic carbocycles. The lowest BCUT2D eigenvalue weighted by molar-refractivity contribution is -0.115. The van der Waals surface area contributed by atoms with E-state index in [9.17, 15) is 4.79 Å². The monoisotopic (exact) mass is 338 g/mol. The van der Waals surface area contributed by atoms with E-state index in [4.69, 9.17) is 0 Å². The average Bonchev–Trinajstić information content (AvgIpc) is 2.91. The second-order valence-electron chi connectivity index (χ2n) is 5.39. The summed E-state index contributed by atoms with van der Waals surface area (Å²) in [6.45, 7) is 8.90. The Balaban J connectivity index is 0.00000264. The Morgan fingerprint density at radius 1 is 1.22 bits per heavy atom. The topological polar surface area (TPSA) is 49.3 Å². The third kappa shape index (κ3) is 5.23. The highest BCUT2D eigenvalue weighted by Crippen LogP contribution is 2.20. The van der Waals surface area contributed by atoms with Gasteiger partial charge < -0.3 is 20.1 Å². The molecule has 1 aromatic heterocycles.